The minimum Gasteiger partial charge on any atom is -0.491 e. The molecule has 0 fully saturated rings. The van der Waals surface area contributed by atoms with E-state index in [0.717, 1.165) is 24.5 Å². The Labute approximate surface area is 91.8 Å². The van der Waals surface area contributed by atoms with Crippen molar-refractivity contribution in [2.24, 2.45) is 0 Å². The molecule has 0 atom stereocenters. The first-order valence-corrected chi connectivity index (χ1v) is 5.37. The van der Waals surface area contributed by atoms with Crippen molar-refractivity contribution >= 4 is 5.69 Å². The molecule has 0 radical (unpaired) electrons. The summed E-state index contributed by atoms with van der Waals surface area (Å²) in [6.07, 6.45) is 0.220. The van der Waals surface area contributed by atoms with Gasteiger partial charge >= 0.3 is 0 Å². The van der Waals surface area contributed by atoms with Gasteiger partial charge in [-0.3, -0.25) is 0 Å². The van der Waals surface area contributed by atoms with Crippen molar-refractivity contribution < 1.29 is 4.74 Å². The molecule has 0 saturated heterocycles. The maximum absolute atomic E-state index is 5.61. The molecule has 84 valence electrons. The third-order valence-corrected chi connectivity index (χ3v) is 1.91. The maximum atomic E-state index is 5.61. The highest BCUT2D eigenvalue weighted by atomic mass is 16.5. The van der Waals surface area contributed by atoms with Crippen LogP contribution < -0.4 is 15.4 Å². The van der Waals surface area contributed by atoms with Gasteiger partial charge in [0, 0.05) is 24.8 Å². The molecule has 0 spiro atoms. The van der Waals surface area contributed by atoms with E-state index < -0.39 is 0 Å². The van der Waals surface area contributed by atoms with E-state index in [2.05, 4.69) is 10.6 Å². The van der Waals surface area contributed by atoms with Crippen LogP contribution in [0, 0.1) is 0 Å². The Morgan fingerprint density at radius 1 is 1.27 bits per heavy atom. The molecule has 0 heterocycles. The Balaban J connectivity index is 2.50. The molecule has 1 aromatic rings. The van der Waals surface area contributed by atoms with Crippen LogP contribution in [0.3, 0.4) is 0 Å². The number of benzene rings is 1. The van der Waals surface area contributed by atoms with Gasteiger partial charge in [-0.1, -0.05) is 6.07 Å². The van der Waals surface area contributed by atoms with E-state index in [-0.39, 0.29) is 6.10 Å². The smallest absolute Gasteiger partial charge is 0.121 e. The number of likely N-dealkylation sites (N-methyl/N-ethyl adjacent to an activating group) is 1. The molecule has 3 heteroatoms. The zero-order valence-electron chi connectivity index (χ0n) is 9.71. The van der Waals surface area contributed by atoms with Crippen molar-refractivity contribution in [3.05, 3.63) is 24.3 Å². The lowest BCUT2D eigenvalue weighted by atomic mass is 10.3. The summed E-state index contributed by atoms with van der Waals surface area (Å²) >= 11 is 0. The average Bonchev–Trinajstić information content (AvgIpc) is 2.18. The number of ether oxygens (including phenoxy) is 1. The number of nitrogens with one attached hydrogen (secondary N) is 2. The monoisotopic (exact) mass is 208 g/mol. The van der Waals surface area contributed by atoms with Crippen LogP contribution in [0.1, 0.15) is 13.8 Å². The highest BCUT2D eigenvalue weighted by Gasteiger charge is 1.98. The Morgan fingerprint density at radius 3 is 2.73 bits per heavy atom. The quantitative estimate of drug-likeness (QED) is 0.702. The van der Waals surface area contributed by atoms with E-state index >= 15 is 0 Å². The highest BCUT2D eigenvalue weighted by molar-refractivity contribution is 5.48. The first kappa shape index (κ1) is 11.9. The minimum absolute atomic E-state index is 0.220. The van der Waals surface area contributed by atoms with E-state index in [9.17, 15) is 0 Å². The van der Waals surface area contributed by atoms with Crippen LogP contribution >= 0.6 is 0 Å². The van der Waals surface area contributed by atoms with Gasteiger partial charge in [0.1, 0.15) is 5.75 Å². The second-order valence-corrected chi connectivity index (χ2v) is 3.72. The summed E-state index contributed by atoms with van der Waals surface area (Å²) in [6, 6.07) is 8.04. The Hall–Kier alpha value is -1.22. The van der Waals surface area contributed by atoms with Gasteiger partial charge in [-0.05, 0) is 33.0 Å². The molecule has 0 bridgehead atoms. The fourth-order valence-corrected chi connectivity index (χ4v) is 1.28. The second-order valence-electron chi connectivity index (χ2n) is 3.72. The van der Waals surface area contributed by atoms with Gasteiger partial charge in [0.15, 0.2) is 0 Å². The standard InChI is InChI=1S/C12H20N2O/c1-10(2)15-12-6-4-5-11(9-12)14-8-7-13-3/h4-6,9-10,13-14H,7-8H2,1-3H3. The van der Waals surface area contributed by atoms with E-state index in [4.69, 9.17) is 4.74 Å². The molecule has 0 aliphatic carbocycles. The summed E-state index contributed by atoms with van der Waals surface area (Å²) in [5, 5.41) is 6.41. The third-order valence-electron chi connectivity index (χ3n) is 1.91. The maximum Gasteiger partial charge on any atom is 0.121 e. The van der Waals surface area contributed by atoms with Crippen molar-refractivity contribution in [3.8, 4) is 5.75 Å². The molecule has 0 amide bonds. The minimum atomic E-state index is 0.220. The predicted molar refractivity (Wildman–Crippen MR) is 64.6 cm³/mol. The van der Waals surface area contributed by atoms with E-state index in [1.807, 2.05) is 45.2 Å². The lowest BCUT2D eigenvalue weighted by molar-refractivity contribution is 0.242. The van der Waals surface area contributed by atoms with Crippen molar-refractivity contribution in [3.63, 3.8) is 0 Å². The van der Waals surface area contributed by atoms with Crippen molar-refractivity contribution in [1.82, 2.24) is 5.32 Å². The molecule has 0 aliphatic heterocycles. The number of rotatable bonds is 6. The van der Waals surface area contributed by atoms with Crippen LogP contribution in [-0.4, -0.2) is 26.2 Å². The number of hydrogen-bond donors (Lipinski definition) is 2. The summed E-state index contributed by atoms with van der Waals surface area (Å²) in [5.41, 5.74) is 1.10. The molecular weight excluding hydrogens is 188 g/mol. The lowest BCUT2D eigenvalue weighted by Gasteiger charge is -2.11. The second kappa shape index (κ2) is 6.30. The van der Waals surface area contributed by atoms with E-state index in [1.54, 1.807) is 0 Å². The normalized spacial score (nSPS) is 10.4. The molecule has 1 aromatic carbocycles. The first-order chi connectivity index (χ1) is 7.22. The highest BCUT2D eigenvalue weighted by Crippen LogP contribution is 2.18. The summed E-state index contributed by atoms with van der Waals surface area (Å²) in [7, 11) is 1.94. The van der Waals surface area contributed by atoms with Crippen molar-refractivity contribution in [1.29, 1.82) is 0 Å². The van der Waals surface area contributed by atoms with Crippen LogP contribution in [-0.2, 0) is 0 Å². The molecule has 0 aliphatic rings. The largest absolute Gasteiger partial charge is 0.491 e. The fraction of sp³-hybridized carbons (Fsp3) is 0.500. The van der Waals surface area contributed by atoms with Gasteiger partial charge in [-0.2, -0.15) is 0 Å². The lowest BCUT2D eigenvalue weighted by Crippen LogP contribution is -2.17. The van der Waals surface area contributed by atoms with Crippen LogP contribution in [0.15, 0.2) is 24.3 Å². The Bertz CT molecular complexity index is 287. The molecule has 0 unspecified atom stereocenters. The number of anilines is 1. The summed E-state index contributed by atoms with van der Waals surface area (Å²) in [5.74, 6) is 0.916. The summed E-state index contributed by atoms with van der Waals surface area (Å²) in [4.78, 5) is 0. The van der Waals surface area contributed by atoms with Crippen molar-refractivity contribution in [2.75, 3.05) is 25.5 Å². The molecule has 3 nitrogen and oxygen atoms in total. The molecular formula is C12H20N2O. The summed E-state index contributed by atoms with van der Waals surface area (Å²) < 4.78 is 5.61. The third kappa shape index (κ3) is 4.70. The molecule has 15 heavy (non-hydrogen) atoms. The SMILES string of the molecule is CNCCNc1cccc(OC(C)C)c1. The summed E-state index contributed by atoms with van der Waals surface area (Å²) in [6.45, 7) is 5.93. The Morgan fingerprint density at radius 2 is 2.07 bits per heavy atom. The molecule has 0 aromatic heterocycles. The zero-order valence-corrected chi connectivity index (χ0v) is 9.71. The van der Waals surface area contributed by atoms with Gasteiger partial charge in [0.25, 0.3) is 0 Å². The van der Waals surface area contributed by atoms with Gasteiger partial charge in [-0.25, -0.2) is 0 Å². The van der Waals surface area contributed by atoms with Crippen LogP contribution in [0.25, 0.3) is 0 Å². The van der Waals surface area contributed by atoms with Gasteiger partial charge in [0.2, 0.25) is 0 Å². The predicted octanol–water partition coefficient (Wildman–Crippen LogP) is 2.11. The fourth-order valence-electron chi connectivity index (χ4n) is 1.28. The van der Waals surface area contributed by atoms with E-state index in [1.165, 1.54) is 0 Å². The van der Waals surface area contributed by atoms with E-state index in [0.29, 0.717) is 0 Å². The zero-order chi connectivity index (χ0) is 11.1. The molecule has 0 saturated carbocycles. The van der Waals surface area contributed by atoms with Crippen LogP contribution in [0.4, 0.5) is 5.69 Å². The topological polar surface area (TPSA) is 33.3 Å². The van der Waals surface area contributed by atoms with Crippen LogP contribution in [0.2, 0.25) is 0 Å². The number of hydrogen-bond acceptors (Lipinski definition) is 3. The average molecular weight is 208 g/mol. The van der Waals surface area contributed by atoms with Gasteiger partial charge in [-0.15, -0.1) is 0 Å². The van der Waals surface area contributed by atoms with Gasteiger partial charge in [0.05, 0.1) is 6.10 Å². The molecule has 2 N–H and O–H groups in total. The molecule has 1 rings (SSSR count). The first-order valence-electron chi connectivity index (χ1n) is 5.37. The van der Waals surface area contributed by atoms with Crippen molar-refractivity contribution in [2.45, 2.75) is 20.0 Å². The van der Waals surface area contributed by atoms with Crippen LogP contribution in [0.5, 0.6) is 5.75 Å². The Kier molecular flexibility index (Phi) is 4.98. The van der Waals surface area contributed by atoms with Gasteiger partial charge < -0.3 is 15.4 Å².